The predicted octanol–water partition coefficient (Wildman–Crippen LogP) is 4.67. The fourth-order valence-corrected chi connectivity index (χ4v) is 3.87. The molecule has 1 atom stereocenters. The highest BCUT2D eigenvalue weighted by atomic mass is 35.5. The van der Waals surface area contributed by atoms with E-state index in [1.807, 2.05) is 48.7 Å². The van der Waals surface area contributed by atoms with Gasteiger partial charge in [-0.25, -0.2) is 5.10 Å². The summed E-state index contributed by atoms with van der Waals surface area (Å²) in [4.78, 5) is 1.14. The first-order valence-corrected chi connectivity index (χ1v) is 9.79. The molecule has 1 aliphatic heterocycles. The third-order valence-corrected chi connectivity index (χ3v) is 5.60. The molecule has 27 heavy (non-hydrogen) atoms. The number of H-pyrrole nitrogens is 1. The Kier molecular flexibility index (Phi) is 4.56. The van der Waals surface area contributed by atoms with Gasteiger partial charge in [-0.2, -0.15) is 10.4 Å². The van der Waals surface area contributed by atoms with E-state index < -0.39 is 0 Å². The average molecular weight is 395 g/mol. The Bertz CT molecular complexity index is 1080. The van der Waals surface area contributed by atoms with Gasteiger partial charge in [0.15, 0.2) is 0 Å². The Morgan fingerprint density at radius 1 is 1.22 bits per heavy atom. The number of ether oxygens (including phenoxy) is 1. The summed E-state index contributed by atoms with van der Waals surface area (Å²) in [5, 5.41) is 17.6. The van der Waals surface area contributed by atoms with E-state index in [0.29, 0.717) is 22.2 Å². The maximum Gasteiger partial charge on any atom is 0.222 e. The number of nitriles is 1. The summed E-state index contributed by atoms with van der Waals surface area (Å²) in [6, 6.07) is 17.7. The first kappa shape index (κ1) is 17.5. The number of allylic oxidation sites excluding steroid dienone is 1. The Morgan fingerprint density at radius 3 is 2.63 bits per heavy atom. The summed E-state index contributed by atoms with van der Waals surface area (Å²) in [7, 11) is 0. The summed E-state index contributed by atoms with van der Waals surface area (Å²) in [5.74, 6) is 0.123. The number of halogens is 1. The van der Waals surface area contributed by atoms with E-state index in [1.54, 1.807) is 17.8 Å². The molecule has 0 spiro atoms. The molecular formula is C20H15ClN4OS. The molecule has 3 aromatic rings. The van der Waals surface area contributed by atoms with Crippen LogP contribution in [-0.4, -0.2) is 16.5 Å². The van der Waals surface area contributed by atoms with Crippen LogP contribution in [0, 0.1) is 11.3 Å². The van der Waals surface area contributed by atoms with Crippen molar-refractivity contribution in [3.8, 4) is 23.2 Å². The summed E-state index contributed by atoms with van der Waals surface area (Å²) in [6.07, 6.45) is 2.02. The van der Waals surface area contributed by atoms with Crippen LogP contribution in [0.15, 0.2) is 64.9 Å². The molecule has 1 aromatic heterocycles. The second kappa shape index (κ2) is 7.03. The topological polar surface area (TPSA) is 87.7 Å². The Hall–Kier alpha value is -2.88. The van der Waals surface area contributed by atoms with Gasteiger partial charge in [-0.3, -0.25) is 0 Å². The lowest BCUT2D eigenvalue weighted by atomic mass is 9.83. The van der Waals surface area contributed by atoms with Gasteiger partial charge in [0.2, 0.25) is 11.8 Å². The van der Waals surface area contributed by atoms with E-state index in [4.69, 9.17) is 22.1 Å². The van der Waals surface area contributed by atoms with Crippen molar-refractivity contribution in [1.82, 2.24) is 10.2 Å². The third kappa shape index (κ3) is 2.95. The van der Waals surface area contributed by atoms with Gasteiger partial charge in [0.1, 0.15) is 17.3 Å². The number of hydrogen-bond acceptors (Lipinski definition) is 5. The zero-order chi connectivity index (χ0) is 19.0. The van der Waals surface area contributed by atoms with E-state index >= 15 is 0 Å². The van der Waals surface area contributed by atoms with Crippen molar-refractivity contribution in [2.75, 3.05) is 6.26 Å². The van der Waals surface area contributed by atoms with Crippen LogP contribution < -0.4 is 10.5 Å². The van der Waals surface area contributed by atoms with Gasteiger partial charge < -0.3 is 10.5 Å². The molecule has 1 unspecified atom stereocenters. The molecule has 0 saturated heterocycles. The van der Waals surface area contributed by atoms with Crippen molar-refractivity contribution < 1.29 is 4.74 Å². The van der Waals surface area contributed by atoms with Crippen LogP contribution in [-0.2, 0) is 0 Å². The minimum Gasteiger partial charge on any atom is -0.422 e. The molecule has 0 saturated carbocycles. The summed E-state index contributed by atoms with van der Waals surface area (Å²) < 4.78 is 5.64. The lowest BCUT2D eigenvalue weighted by molar-refractivity contribution is 0.379. The van der Waals surface area contributed by atoms with Crippen LogP contribution in [0.5, 0.6) is 5.88 Å². The van der Waals surface area contributed by atoms with Crippen LogP contribution in [0.1, 0.15) is 17.0 Å². The Labute approximate surface area is 165 Å². The molecule has 7 heteroatoms. The summed E-state index contributed by atoms with van der Waals surface area (Å²) in [5.41, 5.74) is 9.49. The first-order chi connectivity index (χ1) is 13.1. The minimum atomic E-state index is -0.389. The highest BCUT2D eigenvalue weighted by Crippen LogP contribution is 2.46. The number of rotatable bonds is 3. The molecule has 3 N–H and O–H groups in total. The van der Waals surface area contributed by atoms with Crippen molar-refractivity contribution >= 4 is 23.4 Å². The van der Waals surface area contributed by atoms with E-state index in [2.05, 4.69) is 16.3 Å². The van der Waals surface area contributed by atoms with Crippen LogP contribution >= 0.6 is 23.4 Å². The SMILES string of the molecule is CSc1ccc(C2C(C#N)=C(N)Oc3[nH]nc(-c4ccccc4Cl)c32)cc1. The number of nitrogens with zero attached hydrogens (tertiary/aromatic N) is 2. The van der Waals surface area contributed by atoms with E-state index in [0.717, 1.165) is 21.6 Å². The molecule has 2 aromatic carbocycles. The average Bonchev–Trinajstić information content (AvgIpc) is 3.10. The van der Waals surface area contributed by atoms with Crippen molar-refractivity contribution in [1.29, 1.82) is 5.26 Å². The second-order valence-corrected chi connectivity index (χ2v) is 7.28. The minimum absolute atomic E-state index is 0.0818. The number of hydrogen-bond donors (Lipinski definition) is 2. The monoisotopic (exact) mass is 394 g/mol. The number of fused-ring (bicyclic) bond motifs is 1. The molecule has 0 amide bonds. The lowest BCUT2D eigenvalue weighted by Crippen LogP contribution is -2.21. The number of nitrogens with two attached hydrogens (primary N) is 1. The number of thioether (sulfide) groups is 1. The van der Waals surface area contributed by atoms with E-state index in [1.165, 1.54) is 0 Å². The summed E-state index contributed by atoms with van der Waals surface area (Å²) in [6.45, 7) is 0. The molecule has 0 aliphatic carbocycles. The highest BCUT2D eigenvalue weighted by molar-refractivity contribution is 7.98. The maximum atomic E-state index is 9.74. The zero-order valence-corrected chi connectivity index (χ0v) is 15.9. The largest absolute Gasteiger partial charge is 0.422 e. The molecule has 1 aliphatic rings. The van der Waals surface area contributed by atoms with Gasteiger partial charge in [0, 0.05) is 10.5 Å². The highest BCUT2D eigenvalue weighted by Gasteiger charge is 2.35. The van der Waals surface area contributed by atoms with E-state index in [9.17, 15) is 5.26 Å². The quantitative estimate of drug-likeness (QED) is 0.630. The van der Waals surface area contributed by atoms with Crippen molar-refractivity contribution in [3.05, 3.63) is 76.1 Å². The Morgan fingerprint density at radius 2 is 1.96 bits per heavy atom. The van der Waals surface area contributed by atoms with Crippen LogP contribution in [0.2, 0.25) is 5.02 Å². The smallest absolute Gasteiger partial charge is 0.222 e. The van der Waals surface area contributed by atoms with E-state index in [-0.39, 0.29) is 11.8 Å². The predicted molar refractivity (Wildman–Crippen MR) is 107 cm³/mol. The number of aromatic nitrogens is 2. The van der Waals surface area contributed by atoms with Crippen molar-refractivity contribution in [2.24, 2.45) is 5.73 Å². The lowest BCUT2D eigenvalue weighted by Gasteiger charge is -2.24. The normalized spacial score (nSPS) is 15.8. The molecular weight excluding hydrogens is 380 g/mol. The standard InChI is InChI=1S/C20H15ClN4OS/c1-27-12-8-6-11(7-9-12)16-14(10-22)19(23)26-20-17(16)18(24-25-20)13-4-2-3-5-15(13)21/h2-9,16H,23H2,1H3,(H,24,25). The van der Waals surface area contributed by atoms with Gasteiger partial charge in [-0.05, 0) is 30.0 Å². The fraction of sp³-hybridized carbons (Fsp3) is 0.100. The third-order valence-electron chi connectivity index (χ3n) is 4.52. The second-order valence-electron chi connectivity index (χ2n) is 5.99. The molecule has 0 fully saturated rings. The van der Waals surface area contributed by atoms with Gasteiger partial charge in [-0.1, -0.05) is 41.9 Å². The molecule has 5 nitrogen and oxygen atoms in total. The number of aromatic amines is 1. The maximum absolute atomic E-state index is 9.74. The van der Waals surface area contributed by atoms with Gasteiger partial charge >= 0.3 is 0 Å². The molecule has 2 heterocycles. The van der Waals surface area contributed by atoms with Gasteiger partial charge in [0.25, 0.3) is 0 Å². The Balaban J connectivity index is 1.94. The van der Waals surface area contributed by atoms with Crippen molar-refractivity contribution in [3.63, 3.8) is 0 Å². The molecule has 134 valence electrons. The molecule has 0 radical (unpaired) electrons. The van der Waals surface area contributed by atoms with Gasteiger partial charge in [0.05, 0.1) is 16.5 Å². The molecule has 0 bridgehead atoms. The zero-order valence-electron chi connectivity index (χ0n) is 14.4. The first-order valence-electron chi connectivity index (χ1n) is 8.18. The van der Waals surface area contributed by atoms with Crippen LogP contribution in [0.25, 0.3) is 11.3 Å². The molecule has 4 rings (SSSR count). The van der Waals surface area contributed by atoms with Gasteiger partial charge in [-0.15, -0.1) is 11.8 Å². The van der Waals surface area contributed by atoms with Crippen LogP contribution in [0.4, 0.5) is 0 Å². The summed E-state index contributed by atoms with van der Waals surface area (Å²) >= 11 is 8.05. The number of benzene rings is 2. The number of nitrogens with one attached hydrogen (secondary N) is 1. The van der Waals surface area contributed by atoms with Crippen molar-refractivity contribution in [2.45, 2.75) is 10.8 Å². The fourth-order valence-electron chi connectivity index (χ4n) is 3.24. The van der Waals surface area contributed by atoms with Crippen LogP contribution in [0.3, 0.4) is 0 Å².